The maximum Gasteiger partial charge on any atom is 0.243 e. The van der Waals surface area contributed by atoms with E-state index in [0.29, 0.717) is 21.2 Å². The predicted octanol–water partition coefficient (Wildman–Crippen LogP) is 3.53. The molecule has 1 spiro atoms. The van der Waals surface area contributed by atoms with Gasteiger partial charge in [-0.25, -0.2) is 0 Å². The van der Waals surface area contributed by atoms with Gasteiger partial charge in [-0.2, -0.15) is 0 Å². The molecule has 1 aliphatic heterocycles. The van der Waals surface area contributed by atoms with E-state index in [2.05, 4.69) is 10.6 Å². The van der Waals surface area contributed by atoms with E-state index in [-0.39, 0.29) is 18.0 Å². The molecule has 4 rings (SSSR count). The summed E-state index contributed by atoms with van der Waals surface area (Å²) >= 11 is 18.0. The summed E-state index contributed by atoms with van der Waals surface area (Å²) in [4.78, 5) is 26.9. The standard InChI is InChI=1S/C21H18Cl2N2O3S/c22-16-7-3-1-5-12(16)14-9-11(26)10-15(13-6-2-4-8-17(13)23)21(14)18(27)24-20(29)25-19(21)28/h1-8,11,14-15,26H,9-10H2,(H2,24,25,27,28,29). The molecule has 2 aromatic carbocycles. The highest BCUT2D eigenvalue weighted by Crippen LogP contribution is 2.57. The zero-order valence-electron chi connectivity index (χ0n) is 15.2. The molecule has 29 heavy (non-hydrogen) atoms. The van der Waals surface area contributed by atoms with E-state index in [9.17, 15) is 14.7 Å². The molecule has 0 radical (unpaired) electrons. The molecule has 2 amide bonds. The number of aliphatic hydroxyl groups is 1. The van der Waals surface area contributed by atoms with Crippen molar-refractivity contribution in [3.8, 4) is 0 Å². The number of carbonyl (C=O) groups excluding carboxylic acids is 2. The van der Waals surface area contributed by atoms with Crippen LogP contribution >= 0.6 is 35.4 Å². The number of hydrogen-bond donors (Lipinski definition) is 3. The van der Waals surface area contributed by atoms with Gasteiger partial charge < -0.3 is 15.7 Å². The largest absolute Gasteiger partial charge is 0.393 e. The maximum absolute atomic E-state index is 13.5. The Kier molecular flexibility index (Phi) is 5.38. The normalized spacial score (nSPS) is 26.2. The molecule has 0 aromatic heterocycles. The minimum atomic E-state index is -1.56. The number of hydrogen-bond acceptors (Lipinski definition) is 4. The van der Waals surface area contributed by atoms with Crippen molar-refractivity contribution in [2.45, 2.75) is 30.8 Å². The predicted molar refractivity (Wildman–Crippen MR) is 115 cm³/mol. The van der Waals surface area contributed by atoms with Crippen molar-refractivity contribution in [1.82, 2.24) is 10.6 Å². The molecule has 2 unspecified atom stereocenters. The lowest BCUT2D eigenvalue weighted by atomic mass is 9.54. The first-order valence-electron chi connectivity index (χ1n) is 9.19. The fraction of sp³-hybridized carbons (Fsp3) is 0.286. The van der Waals surface area contributed by atoms with E-state index >= 15 is 0 Å². The minimum Gasteiger partial charge on any atom is -0.393 e. The highest BCUT2D eigenvalue weighted by atomic mass is 35.5. The number of aliphatic hydroxyl groups excluding tert-OH is 1. The van der Waals surface area contributed by atoms with Gasteiger partial charge >= 0.3 is 0 Å². The topological polar surface area (TPSA) is 78.4 Å². The van der Waals surface area contributed by atoms with Gasteiger partial charge in [-0.3, -0.25) is 9.59 Å². The van der Waals surface area contributed by atoms with Crippen molar-refractivity contribution in [1.29, 1.82) is 0 Å². The van der Waals surface area contributed by atoms with Crippen molar-refractivity contribution in [3.63, 3.8) is 0 Å². The summed E-state index contributed by atoms with van der Waals surface area (Å²) < 4.78 is 0. The van der Waals surface area contributed by atoms with Crippen molar-refractivity contribution in [3.05, 3.63) is 69.7 Å². The van der Waals surface area contributed by atoms with E-state index in [1.54, 1.807) is 48.5 Å². The van der Waals surface area contributed by atoms with Crippen LogP contribution in [-0.4, -0.2) is 28.1 Å². The fourth-order valence-corrected chi connectivity index (χ4v) is 5.42. The molecule has 2 fully saturated rings. The summed E-state index contributed by atoms with van der Waals surface area (Å²) in [5.74, 6) is -2.34. The average Bonchev–Trinajstić information content (AvgIpc) is 2.67. The third-order valence-electron chi connectivity index (χ3n) is 5.88. The summed E-state index contributed by atoms with van der Waals surface area (Å²) in [6.07, 6.45) is -0.325. The maximum atomic E-state index is 13.5. The third kappa shape index (κ3) is 3.24. The van der Waals surface area contributed by atoms with Crippen LogP contribution in [0.1, 0.15) is 35.8 Å². The summed E-state index contributed by atoms with van der Waals surface area (Å²) in [7, 11) is 0. The number of halogens is 2. The zero-order chi connectivity index (χ0) is 20.8. The van der Waals surface area contributed by atoms with Crippen LogP contribution in [0.25, 0.3) is 0 Å². The van der Waals surface area contributed by atoms with E-state index < -0.39 is 35.2 Å². The van der Waals surface area contributed by atoms with Crippen molar-refractivity contribution in [2.24, 2.45) is 5.41 Å². The second-order valence-electron chi connectivity index (χ2n) is 7.38. The van der Waals surface area contributed by atoms with E-state index in [0.717, 1.165) is 0 Å². The summed E-state index contributed by atoms with van der Waals surface area (Å²) in [5.41, 5.74) is -0.302. The molecule has 1 saturated heterocycles. The van der Waals surface area contributed by atoms with Crippen LogP contribution in [-0.2, 0) is 9.59 Å². The molecular formula is C21H18Cl2N2O3S. The number of thiocarbonyl (C=S) groups is 1. The first-order chi connectivity index (χ1) is 13.9. The molecule has 2 aliphatic rings. The zero-order valence-corrected chi connectivity index (χ0v) is 17.5. The lowest BCUT2D eigenvalue weighted by Crippen LogP contribution is -2.67. The minimum absolute atomic E-state index is 0.0347. The van der Waals surface area contributed by atoms with Gasteiger partial charge in [0.15, 0.2) is 5.11 Å². The van der Waals surface area contributed by atoms with Crippen molar-refractivity contribution in [2.75, 3.05) is 0 Å². The Bertz CT molecular complexity index is 935. The van der Waals surface area contributed by atoms with Gasteiger partial charge in [0.2, 0.25) is 11.8 Å². The molecule has 2 atom stereocenters. The first kappa shape index (κ1) is 20.3. The van der Waals surface area contributed by atoms with E-state index in [1.807, 2.05) is 0 Å². The molecule has 1 heterocycles. The Hall–Kier alpha value is -1.99. The number of benzene rings is 2. The number of amides is 2. The summed E-state index contributed by atoms with van der Waals surface area (Å²) in [5, 5.41) is 16.8. The molecule has 0 bridgehead atoms. The van der Waals surface area contributed by atoms with E-state index in [1.165, 1.54) is 0 Å². The molecule has 3 N–H and O–H groups in total. The summed E-state index contributed by atoms with van der Waals surface area (Å²) in [6, 6.07) is 14.1. The highest BCUT2D eigenvalue weighted by Gasteiger charge is 2.63. The smallest absolute Gasteiger partial charge is 0.243 e. The second-order valence-corrected chi connectivity index (χ2v) is 8.60. The SMILES string of the molecule is O=C1NC(=S)NC(=O)C12C(c1ccccc1Cl)CC(O)CC2c1ccccc1Cl. The van der Waals surface area contributed by atoms with Crippen molar-refractivity contribution < 1.29 is 14.7 Å². The van der Waals surface area contributed by atoms with Crippen LogP contribution in [0.15, 0.2) is 48.5 Å². The van der Waals surface area contributed by atoms with Gasteiger partial charge in [0, 0.05) is 21.9 Å². The van der Waals surface area contributed by atoms with Crippen LogP contribution in [0.4, 0.5) is 0 Å². The molecule has 8 heteroatoms. The van der Waals surface area contributed by atoms with Gasteiger partial charge in [0.1, 0.15) is 5.41 Å². The third-order valence-corrected chi connectivity index (χ3v) is 6.77. The van der Waals surface area contributed by atoms with E-state index in [4.69, 9.17) is 35.4 Å². The van der Waals surface area contributed by atoms with Gasteiger partial charge in [0.05, 0.1) is 6.10 Å². The quantitative estimate of drug-likeness (QED) is 0.484. The lowest BCUT2D eigenvalue weighted by molar-refractivity contribution is -0.151. The molecular weight excluding hydrogens is 431 g/mol. The van der Waals surface area contributed by atoms with Gasteiger partial charge in [-0.15, -0.1) is 0 Å². The molecule has 1 aliphatic carbocycles. The van der Waals surface area contributed by atoms with Gasteiger partial charge in [-0.1, -0.05) is 59.6 Å². The fourth-order valence-electron chi connectivity index (χ4n) is 4.70. The van der Waals surface area contributed by atoms with Crippen LogP contribution in [0, 0.1) is 5.41 Å². The Morgan fingerprint density at radius 2 is 1.28 bits per heavy atom. The van der Waals surface area contributed by atoms with Gasteiger partial charge in [0.25, 0.3) is 0 Å². The van der Waals surface area contributed by atoms with Crippen LogP contribution in [0.3, 0.4) is 0 Å². The van der Waals surface area contributed by atoms with Gasteiger partial charge in [-0.05, 0) is 48.3 Å². The molecule has 1 saturated carbocycles. The van der Waals surface area contributed by atoms with Crippen LogP contribution in [0.5, 0.6) is 0 Å². The molecule has 2 aromatic rings. The molecule has 5 nitrogen and oxygen atoms in total. The molecule has 150 valence electrons. The number of rotatable bonds is 2. The first-order valence-corrected chi connectivity index (χ1v) is 10.4. The lowest BCUT2D eigenvalue weighted by Gasteiger charge is -2.50. The Labute approximate surface area is 183 Å². The van der Waals surface area contributed by atoms with Crippen molar-refractivity contribution >= 4 is 52.3 Å². The van der Waals surface area contributed by atoms with Crippen LogP contribution < -0.4 is 10.6 Å². The van der Waals surface area contributed by atoms with Crippen LogP contribution in [0.2, 0.25) is 10.0 Å². The number of nitrogens with one attached hydrogen (secondary N) is 2. The Morgan fingerprint density at radius 1 is 0.862 bits per heavy atom. The summed E-state index contributed by atoms with van der Waals surface area (Å²) in [6.45, 7) is 0. The second kappa shape index (κ2) is 7.69. The average molecular weight is 449 g/mol. The number of carbonyl (C=O) groups is 2. The monoisotopic (exact) mass is 448 g/mol. The Morgan fingerprint density at radius 3 is 1.69 bits per heavy atom. The highest BCUT2D eigenvalue weighted by molar-refractivity contribution is 7.80. The Balaban J connectivity index is 1.99.